The van der Waals surface area contributed by atoms with E-state index in [1.54, 1.807) is 7.11 Å². The molecule has 0 amide bonds. The second-order valence-corrected chi connectivity index (χ2v) is 6.43. The first kappa shape index (κ1) is 17.4. The van der Waals surface area contributed by atoms with Crippen LogP contribution in [0.4, 0.5) is 0 Å². The van der Waals surface area contributed by atoms with Crippen molar-refractivity contribution in [1.82, 2.24) is 0 Å². The van der Waals surface area contributed by atoms with Crippen molar-refractivity contribution >= 4 is 5.78 Å². The number of aliphatic hydroxyl groups excluding tert-OH is 1. The molecule has 1 aliphatic carbocycles. The highest BCUT2D eigenvalue weighted by Gasteiger charge is 2.43. The minimum Gasteiger partial charge on any atom is -0.390 e. The summed E-state index contributed by atoms with van der Waals surface area (Å²) in [4.78, 5) is 12.4. The zero-order chi connectivity index (χ0) is 15.3. The van der Waals surface area contributed by atoms with Crippen LogP contribution in [0.25, 0.3) is 0 Å². The minimum absolute atomic E-state index is 0.0344. The van der Waals surface area contributed by atoms with Gasteiger partial charge in [0.2, 0.25) is 0 Å². The zero-order valence-electron chi connectivity index (χ0n) is 13.6. The standard InChI is InChI=1S/C17H30O3/c1-6-13-10-14(18)15(17(20-5)16(13)19)12(4)9-7-8-11(2)3/h9,11,13,15-17,19H,6-8,10H2,1-5H3. The van der Waals surface area contributed by atoms with Gasteiger partial charge >= 0.3 is 0 Å². The lowest BCUT2D eigenvalue weighted by atomic mass is 9.72. The molecule has 4 atom stereocenters. The van der Waals surface area contributed by atoms with E-state index in [9.17, 15) is 9.90 Å². The number of methoxy groups -OCH3 is 1. The third-order valence-corrected chi connectivity index (χ3v) is 4.46. The van der Waals surface area contributed by atoms with Gasteiger partial charge in [0.25, 0.3) is 0 Å². The fraction of sp³-hybridized carbons (Fsp3) is 0.824. The maximum atomic E-state index is 12.4. The fourth-order valence-electron chi connectivity index (χ4n) is 3.10. The van der Waals surface area contributed by atoms with Gasteiger partial charge in [0, 0.05) is 13.5 Å². The maximum Gasteiger partial charge on any atom is 0.143 e. The van der Waals surface area contributed by atoms with Gasteiger partial charge in [0.1, 0.15) is 5.78 Å². The minimum atomic E-state index is -0.541. The van der Waals surface area contributed by atoms with Crippen LogP contribution in [0.15, 0.2) is 11.6 Å². The van der Waals surface area contributed by atoms with Crippen LogP contribution >= 0.6 is 0 Å². The molecule has 3 nitrogen and oxygen atoms in total. The molecule has 0 radical (unpaired) electrons. The summed E-state index contributed by atoms with van der Waals surface area (Å²) in [5, 5.41) is 10.4. The number of Topliss-reactive ketones (excluding diaryl/α,β-unsaturated/α-hetero) is 1. The van der Waals surface area contributed by atoms with Crippen molar-refractivity contribution in [3.63, 3.8) is 0 Å². The maximum absolute atomic E-state index is 12.4. The highest BCUT2D eigenvalue weighted by molar-refractivity contribution is 5.85. The zero-order valence-corrected chi connectivity index (χ0v) is 13.6. The molecular formula is C17H30O3. The Kier molecular flexibility index (Phi) is 6.90. The lowest BCUT2D eigenvalue weighted by molar-refractivity contribution is -0.143. The first-order valence-corrected chi connectivity index (χ1v) is 7.82. The number of carbonyl (C=O) groups excluding carboxylic acids is 1. The van der Waals surface area contributed by atoms with Crippen LogP contribution in [0, 0.1) is 17.8 Å². The first-order valence-electron chi connectivity index (χ1n) is 7.82. The Bertz CT molecular complexity index is 346. The molecule has 0 aromatic heterocycles. The smallest absolute Gasteiger partial charge is 0.143 e. The predicted octanol–water partition coefficient (Wildman–Crippen LogP) is 3.36. The van der Waals surface area contributed by atoms with Crippen LogP contribution in [0.1, 0.15) is 53.4 Å². The number of allylic oxidation sites excluding steroid dienone is 1. The first-order chi connectivity index (χ1) is 9.42. The van der Waals surface area contributed by atoms with E-state index in [2.05, 4.69) is 19.9 Å². The van der Waals surface area contributed by atoms with Crippen LogP contribution in [-0.4, -0.2) is 30.2 Å². The molecule has 0 bridgehead atoms. The summed E-state index contributed by atoms with van der Waals surface area (Å²) in [6.07, 6.45) is 4.60. The van der Waals surface area contributed by atoms with Crippen LogP contribution in [0.3, 0.4) is 0 Å². The van der Waals surface area contributed by atoms with E-state index in [4.69, 9.17) is 4.74 Å². The number of ether oxygens (including phenoxy) is 1. The largest absolute Gasteiger partial charge is 0.390 e. The van der Waals surface area contributed by atoms with Gasteiger partial charge in [0.15, 0.2) is 0 Å². The van der Waals surface area contributed by atoms with Crippen LogP contribution in [0.5, 0.6) is 0 Å². The molecule has 4 unspecified atom stereocenters. The molecule has 0 spiro atoms. The normalized spacial score (nSPS) is 31.9. The molecular weight excluding hydrogens is 252 g/mol. The second kappa shape index (κ2) is 7.94. The number of aliphatic hydroxyl groups is 1. The van der Waals surface area contributed by atoms with Gasteiger partial charge in [-0.25, -0.2) is 0 Å². The van der Waals surface area contributed by atoms with Crippen molar-refractivity contribution in [3.05, 3.63) is 11.6 Å². The van der Waals surface area contributed by atoms with Gasteiger partial charge in [-0.2, -0.15) is 0 Å². The van der Waals surface area contributed by atoms with Gasteiger partial charge in [-0.15, -0.1) is 0 Å². The topological polar surface area (TPSA) is 46.5 Å². The quantitative estimate of drug-likeness (QED) is 0.760. The molecule has 1 fully saturated rings. The van der Waals surface area contributed by atoms with Crippen molar-refractivity contribution in [3.8, 4) is 0 Å². The molecule has 0 aromatic carbocycles. The monoisotopic (exact) mass is 282 g/mol. The Balaban J connectivity index is 2.82. The third kappa shape index (κ3) is 4.16. The summed E-state index contributed by atoms with van der Waals surface area (Å²) in [5.41, 5.74) is 1.05. The van der Waals surface area contributed by atoms with Crippen molar-refractivity contribution in [1.29, 1.82) is 0 Å². The van der Waals surface area contributed by atoms with Gasteiger partial charge < -0.3 is 9.84 Å². The summed E-state index contributed by atoms with van der Waals surface area (Å²) in [5.74, 6) is 0.638. The highest BCUT2D eigenvalue weighted by Crippen LogP contribution is 2.34. The molecule has 20 heavy (non-hydrogen) atoms. The number of ketones is 1. The van der Waals surface area contributed by atoms with Crippen LogP contribution in [0.2, 0.25) is 0 Å². The van der Waals surface area contributed by atoms with Crippen molar-refractivity contribution in [2.45, 2.75) is 65.6 Å². The molecule has 1 rings (SSSR count). The number of hydrogen-bond donors (Lipinski definition) is 1. The van der Waals surface area contributed by atoms with Crippen LogP contribution in [-0.2, 0) is 9.53 Å². The van der Waals surface area contributed by atoms with Gasteiger partial charge in [0.05, 0.1) is 18.1 Å². The van der Waals surface area contributed by atoms with Crippen molar-refractivity contribution in [2.24, 2.45) is 17.8 Å². The summed E-state index contributed by atoms with van der Waals surface area (Å²) < 4.78 is 5.46. The number of rotatable bonds is 6. The average Bonchev–Trinajstić information content (AvgIpc) is 2.39. The molecule has 0 aliphatic heterocycles. The van der Waals surface area contributed by atoms with Crippen LogP contribution < -0.4 is 0 Å². The molecule has 1 aliphatic rings. The second-order valence-electron chi connectivity index (χ2n) is 6.43. The lowest BCUT2D eigenvalue weighted by Crippen LogP contribution is -2.49. The molecule has 0 saturated heterocycles. The Labute approximate surface area is 123 Å². The van der Waals surface area contributed by atoms with E-state index in [0.29, 0.717) is 12.3 Å². The summed E-state index contributed by atoms with van der Waals surface area (Å²) in [6, 6.07) is 0. The van der Waals surface area contributed by atoms with E-state index >= 15 is 0 Å². The van der Waals surface area contributed by atoms with Crippen molar-refractivity contribution < 1.29 is 14.6 Å². The Hall–Kier alpha value is -0.670. The fourth-order valence-corrected chi connectivity index (χ4v) is 3.10. The molecule has 1 N–H and O–H groups in total. The van der Waals surface area contributed by atoms with Gasteiger partial charge in [-0.1, -0.05) is 38.8 Å². The van der Waals surface area contributed by atoms with E-state index < -0.39 is 12.2 Å². The Morgan fingerprint density at radius 2 is 2.15 bits per heavy atom. The Morgan fingerprint density at radius 1 is 1.50 bits per heavy atom. The summed E-state index contributed by atoms with van der Waals surface area (Å²) in [6.45, 7) is 8.40. The van der Waals surface area contributed by atoms with E-state index in [1.165, 1.54) is 0 Å². The summed E-state index contributed by atoms with van der Waals surface area (Å²) >= 11 is 0. The summed E-state index contributed by atoms with van der Waals surface area (Å²) in [7, 11) is 1.59. The SMILES string of the molecule is CCC1CC(=O)C(C(C)=CCCC(C)C)C(OC)C1O. The molecule has 1 saturated carbocycles. The highest BCUT2D eigenvalue weighted by atomic mass is 16.5. The van der Waals surface area contributed by atoms with E-state index in [0.717, 1.165) is 24.8 Å². The predicted molar refractivity (Wildman–Crippen MR) is 81.5 cm³/mol. The van der Waals surface area contributed by atoms with Gasteiger partial charge in [-0.3, -0.25) is 4.79 Å². The number of hydrogen-bond acceptors (Lipinski definition) is 3. The van der Waals surface area contributed by atoms with Crippen molar-refractivity contribution in [2.75, 3.05) is 7.11 Å². The van der Waals surface area contributed by atoms with Gasteiger partial charge in [-0.05, 0) is 31.6 Å². The lowest BCUT2D eigenvalue weighted by Gasteiger charge is -2.38. The third-order valence-electron chi connectivity index (χ3n) is 4.46. The molecule has 116 valence electrons. The molecule has 0 aromatic rings. The van der Waals surface area contributed by atoms with E-state index in [1.807, 2.05) is 13.8 Å². The average molecular weight is 282 g/mol. The molecule has 0 heterocycles. The number of carbonyl (C=O) groups is 1. The molecule has 3 heteroatoms. The Morgan fingerprint density at radius 3 is 2.65 bits per heavy atom. The van der Waals surface area contributed by atoms with E-state index in [-0.39, 0.29) is 17.6 Å².